The van der Waals surface area contributed by atoms with Gasteiger partial charge in [0.25, 0.3) is 0 Å². The lowest BCUT2D eigenvalue weighted by Crippen LogP contribution is -2.31. The van der Waals surface area contributed by atoms with Crippen LogP contribution in [-0.4, -0.2) is 45.4 Å². The van der Waals surface area contributed by atoms with Gasteiger partial charge in [0.2, 0.25) is 0 Å². The van der Waals surface area contributed by atoms with Gasteiger partial charge in [0.15, 0.2) is 5.69 Å². The van der Waals surface area contributed by atoms with E-state index in [1.807, 2.05) is 0 Å². The van der Waals surface area contributed by atoms with Gasteiger partial charge in [-0.15, -0.1) is 0 Å². The van der Waals surface area contributed by atoms with Crippen molar-refractivity contribution in [1.82, 2.24) is 14.9 Å². The zero-order valence-electron chi connectivity index (χ0n) is 12.5. The maximum absolute atomic E-state index is 12.3. The molecule has 1 aliphatic rings. The number of ether oxygens (including phenoxy) is 1. The van der Waals surface area contributed by atoms with Gasteiger partial charge in [-0.2, -0.15) is 0 Å². The topological polar surface area (TPSA) is 93.5 Å². The minimum atomic E-state index is -1.15. The minimum Gasteiger partial charge on any atom is -0.476 e. The molecule has 116 valence electrons. The summed E-state index contributed by atoms with van der Waals surface area (Å²) in [7, 11) is 0. The first kappa shape index (κ1) is 15.5. The lowest BCUT2D eigenvalue weighted by molar-refractivity contribution is 0.0528. The number of nitrogens with zero attached hydrogens (tertiary/aromatic N) is 2. The molecule has 21 heavy (non-hydrogen) atoms. The van der Waals surface area contributed by atoms with Crippen LogP contribution in [0.1, 0.15) is 55.8 Å². The van der Waals surface area contributed by atoms with Crippen molar-refractivity contribution in [1.29, 1.82) is 0 Å². The van der Waals surface area contributed by atoms with E-state index in [1.165, 1.54) is 10.8 Å². The van der Waals surface area contributed by atoms with E-state index >= 15 is 0 Å². The molecule has 2 rings (SSSR count). The van der Waals surface area contributed by atoms with E-state index in [-0.39, 0.29) is 11.6 Å². The number of rotatable bonds is 2. The van der Waals surface area contributed by atoms with Gasteiger partial charge < -0.3 is 15.2 Å². The Labute approximate surface area is 123 Å². The summed E-state index contributed by atoms with van der Waals surface area (Å²) in [6.07, 6.45) is 2.29. The molecule has 0 radical (unpaired) electrons. The van der Waals surface area contributed by atoms with E-state index in [9.17, 15) is 9.59 Å². The summed E-state index contributed by atoms with van der Waals surface area (Å²) in [5, 5.41) is 12.3. The number of hydrogen-bond acceptors (Lipinski definition) is 5. The highest BCUT2D eigenvalue weighted by Gasteiger charge is 2.28. The Morgan fingerprint density at radius 2 is 2.00 bits per heavy atom. The standard InChI is InChI=1S/C14H21N3O4/c1-14(2,3)21-13(20)17-8-10(12(18)19)16-11(17)9-4-6-15-7-5-9/h8-9,15H,4-7H2,1-3H3,(H,18,19). The van der Waals surface area contributed by atoms with Crippen molar-refractivity contribution < 1.29 is 19.4 Å². The Morgan fingerprint density at radius 1 is 1.38 bits per heavy atom. The summed E-state index contributed by atoms with van der Waals surface area (Å²) < 4.78 is 6.56. The number of imidazole rings is 1. The molecule has 0 atom stereocenters. The van der Waals surface area contributed by atoms with E-state index in [0.717, 1.165) is 25.9 Å². The number of hydrogen-bond donors (Lipinski definition) is 2. The highest BCUT2D eigenvalue weighted by molar-refractivity contribution is 5.86. The molecule has 0 aliphatic carbocycles. The van der Waals surface area contributed by atoms with Crippen molar-refractivity contribution in [2.45, 2.75) is 45.1 Å². The van der Waals surface area contributed by atoms with Crippen LogP contribution in [0.25, 0.3) is 0 Å². The predicted molar refractivity (Wildman–Crippen MR) is 75.7 cm³/mol. The summed E-state index contributed by atoms with van der Waals surface area (Å²) in [6.45, 7) is 6.96. The van der Waals surface area contributed by atoms with Gasteiger partial charge in [-0.1, -0.05) is 0 Å². The summed E-state index contributed by atoms with van der Waals surface area (Å²) in [5.74, 6) is -0.609. The number of piperidine rings is 1. The Bertz CT molecular complexity index is 539. The molecule has 1 saturated heterocycles. The first-order valence-corrected chi connectivity index (χ1v) is 7.04. The molecule has 7 nitrogen and oxygen atoms in total. The van der Waals surface area contributed by atoms with Crippen LogP contribution in [0.3, 0.4) is 0 Å². The Morgan fingerprint density at radius 3 is 2.52 bits per heavy atom. The average molecular weight is 295 g/mol. The highest BCUT2D eigenvalue weighted by Crippen LogP contribution is 2.25. The molecule has 0 aromatic carbocycles. The van der Waals surface area contributed by atoms with Crippen molar-refractivity contribution in [3.8, 4) is 0 Å². The van der Waals surface area contributed by atoms with E-state index in [2.05, 4.69) is 10.3 Å². The van der Waals surface area contributed by atoms with Crippen molar-refractivity contribution in [2.75, 3.05) is 13.1 Å². The van der Waals surface area contributed by atoms with Crippen LogP contribution in [0.2, 0.25) is 0 Å². The lowest BCUT2D eigenvalue weighted by atomic mass is 9.97. The van der Waals surface area contributed by atoms with Gasteiger partial charge in [-0.25, -0.2) is 19.1 Å². The molecule has 0 amide bonds. The highest BCUT2D eigenvalue weighted by atomic mass is 16.6. The van der Waals surface area contributed by atoms with Crippen LogP contribution in [-0.2, 0) is 4.74 Å². The summed E-state index contributed by atoms with van der Waals surface area (Å²) in [4.78, 5) is 27.5. The molecular weight excluding hydrogens is 274 g/mol. The maximum Gasteiger partial charge on any atom is 0.420 e. The second-order valence-electron chi connectivity index (χ2n) is 6.16. The third-order valence-corrected chi connectivity index (χ3v) is 3.25. The maximum atomic E-state index is 12.3. The van der Waals surface area contributed by atoms with Crippen LogP contribution in [0, 0.1) is 0 Å². The van der Waals surface area contributed by atoms with E-state index < -0.39 is 17.7 Å². The van der Waals surface area contributed by atoms with Gasteiger partial charge in [0, 0.05) is 5.92 Å². The summed E-state index contributed by atoms with van der Waals surface area (Å²) >= 11 is 0. The fraction of sp³-hybridized carbons (Fsp3) is 0.643. The van der Waals surface area contributed by atoms with Gasteiger partial charge in [0.1, 0.15) is 11.4 Å². The number of aromatic carboxylic acids is 1. The van der Waals surface area contributed by atoms with Gasteiger partial charge >= 0.3 is 12.1 Å². The van der Waals surface area contributed by atoms with E-state index in [0.29, 0.717) is 5.82 Å². The molecular formula is C14H21N3O4. The molecule has 7 heteroatoms. The Kier molecular flexibility index (Phi) is 4.32. The van der Waals surface area contributed by atoms with Crippen LogP contribution in [0.5, 0.6) is 0 Å². The molecule has 1 aromatic rings. The molecule has 1 aliphatic heterocycles. The van der Waals surface area contributed by atoms with Gasteiger partial charge in [-0.05, 0) is 46.7 Å². The molecule has 0 bridgehead atoms. The molecule has 0 spiro atoms. The molecule has 1 aromatic heterocycles. The number of nitrogens with one attached hydrogen (secondary N) is 1. The first-order chi connectivity index (χ1) is 9.78. The second-order valence-corrected chi connectivity index (χ2v) is 6.16. The molecule has 2 heterocycles. The fourth-order valence-corrected chi connectivity index (χ4v) is 2.32. The minimum absolute atomic E-state index is 0.0619. The number of carboxylic acid groups (broad SMARTS) is 1. The largest absolute Gasteiger partial charge is 0.476 e. The number of aromatic nitrogens is 2. The average Bonchev–Trinajstić information content (AvgIpc) is 2.83. The van der Waals surface area contributed by atoms with Crippen molar-refractivity contribution in [2.24, 2.45) is 0 Å². The third kappa shape index (κ3) is 3.81. The third-order valence-electron chi connectivity index (χ3n) is 3.25. The molecule has 1 fully saturated rings. The molecule has 2 N–H and O–H groups in total. The monoisotopic (exact) mass is 295 g/mol. The van der Waals surface area contributed by atoms with Crippen molar-refractivity contribution >= 4 is 12.1 Å². The molecule has 0 saturated carbocycles. The van der Waals surface area contributed by atoms with Crippen LogP contribution in [0.4, 0.5) is 4.79 Å². The quantitative estimate of drug-likeness (QED) is 0.864. The predicted octanol–water partition coefficient (Wildman–Crippen LogP) is 1.83. The van der Waals surface area contributed by atoms with Crippen molar-refractivity contribution in [3.05, 3.63) is 17.7 Å². The van der Waals surface area contributed by atoms with Crippen LogP contribution < -0.4 is 5.32 Å². The fourth-order valence-electron chi connectivity index (χ4n) is 2.32. The van der Waals surface area contributed by atoms with Gasteiger partial charge in [0.05, 0.1) is 6.20 Å². The van der Waals surface area contributed by atoms with E-state index in [1.54, 1.807) is 20.8 Å². The lowest BCUT2D eigenvalue weighted by Gasteiger charge is -2.24. The van der Waals surface area contributed by atoms with Crippen LogP contribution in [0.15, 0.2) is 6.20 Å². The second kappa shape index (κ2) is 5.85. The zero-order valence-corrected chi connectivity index (χ0v) is 12.5. The van der Waals surface area contributed by atoms with Gasteiger partial charge in [-0.3, -0.25) is 0 Å². The Balaban J connectivity index is 2.33. The van der Waals surface area contributed by atoms with E-state index in [4.69, 9.17) is 9.84 Å². The SMILES string of the molecule is CC(C)(C)OC(=O)n1cc(C(=O)O)nc1C1CCNCC1. The summed E-state index contributed by atoms with van der Waals surface area (Å²) in [6, 6.07) is 0. The zero-order chi connectivity index (χ0) is 15.6. The van der Waals surface area contributed by atoms with Crippen LogP contribution >= 0.6 is 0 Å². The normalized spacial score (nSPS) is 16.7. The molecule has 0 unspecified atom stereocenters. The smallest absolute Gasteiger partial charge is 0.420 e. The van der Waals surface area contributed by atoms with Crippen molar-refractivity contribution in [3.63, 3.8) is 0 Å². The number of carbonyl (C=O) groups is 2. The first-order valence-electron chi connectivity index (χ1n) is 7.04. The number of carbonyl (C=O) groups excluding carboxylic acids is 1. The summed E-state index contributed by atoms with van der Waals surface area (Å²) in [5.41, 5.74) is -0.773. The number of carboxylic acids is 1. The Hall–Kier alpha value is -1.89.